The molecular weight excluding hydrogens is 222 g/mol. The van der Waals surface area contributed by atoms with Gasteiger partial charge in [0.05, 0.1) is 6.04 Å². The maximum absolute atomic E-state index is 6.00. The molecule has 1 aliphatic rings. The molecule has 0 saturated heterocycles. The zero-order chi connectivity index (χ0) is 12.4. The van der Waals surface area contributed by atoms with Crippen molar-refractivity contribution in [2.45, 2.75) is 19.1 Å². The Morgan fingerprint density at radius 2 is 1.50 bits per heavy atom. The standard InChI is InChI=1S/C16H15NO/c1-12-15(13-8-4-2-5-9-13)18-16(17-12)14-10-6-3-7-11-14/h2-12,15H,1H3. The van der Waals surface area contributed by atoms with Crippen LogP contribution in [0.2, 0.25) is 0 Å². The van der Waals surface area contributed by atoms with Crippen LogP contribution in [0.15, 0.2) is 65.7 Å². The fraction of sp³-hybridized carbons (Fsp3) is 0.188. The van der Waals surface area contributed by atoms with Gasteiger partial charge in [0.25, 0.3) is 0 Å². The van der Waals surface area contributed by atoms with Crippen LogP contribution in [0, 0.1) is 0 Å². The summed E-state index contributed by atoms with van der Waals surface area (Å²) in [6, 6.07) is 20.5. The number of aliphatic imine (C=N–C) groups is 1. The van der Waals surface area contributed by atoms with Crippen molar-refractivity contribution in [2.24, 2.45) is 4.99 Å². The predicted molar refractivity (Wildman–Crippen MR) is 72.7 cm³/mol. The molecule has 2 atom stereocenters. The average molecular weight is 237 g/mol. The molecule has 2 aromatic rings. The Labute approximate surface area is 107 Å². The summed E-state index contributed by atoms with van der Waals surface area (Å²) in [6.45, 7) is 2.09. The Hall–Kier alpha value is -2.09. The molecule has 2 nitrogen and oxygen atoms in total. The number of rotatable bonds is 2. The molecule has 18 heavy (non-hydrogen) atoms. The topological polar surface area (TPSA) is 21.6 Å². The maximum atomic E-state index is 6.00. The fourth-order valence-corrected chi connectivity index (χ4v) is 2.21. The van der Waals surface area contributed by atoms with Crippen molar-refractivity contribution in [2.75, 3.05) is 0 Å². The van der Waals surface area contributed by atoms with Gasteiger partial charge in [-0.15, -0.1) is 0 Å². The van der Waals surface area contributed by atoms with E-state index in [2.05, 4.69) is 24.0 Å². The van der Waals surface area contributed by atoms with E-state index in [1.807, 2.05) is 48.5 Å². The van der Waals surface area contributed by atoms with Crippen molar-refractivity contribution in [3.05, 3.63) is 71.8 Å². The second-order valence-electron chi connectivity index (χ2n) is 4.49. The first-order valence-electron chi connectivity index (χ1n) is 6.19. The molecule has 0 N–H and O–H groups in total. The van der Waals surface area contributed by atoms with Crippen molar-refractivity contribution < 1.29 is 4.74 Å². The van der Waals surface area contributed by atoms with Gasteiger partial charge in [0, 0.05) is 5.56 Å². The molecule has 0 spiro atoms. The van der Waals surface area contributed by atoms with Crippen molar-refractivity contribution >= 4 is 5.90 Å². The van der Waals surface area contributed by atoms with E-state index in [0.717, 1.165) is 11.5 Å². The molecule has 0 amide bonds. The van der Waals surface area contributed by atoms with E-state index in [1.165, 1.54) is 5.56 Å². The van der Waals surface area contributed by atoms with Gasteiger partial charge in [-0.25, -0.2) is 4.99 Å². The largest absolute Gasteiger partial charge is 0.467 e. The molecule has 0 fully saturated rings. The first kappa shape index (κ1) is 11.0. The minimum atomic E-state index is 0.0291. The third kappa shape index (κ3) is 2.02. The van der Waals surface area contributed by atoms with Gasteiger partial charge < -0.3 is 4.74 Å². The van der Waals surface area contributed by atoms with Gasteiger partial charge in [-0.1, -0.05) is 48.5 Å². The average Bonchev–Trinajstić information content (AvgIpc) is 2.83. The summed E-state index contributed by atoms with van der Waals surface area (Å²) in [5.74, 6) is 0.747. The van der Waals surface area contributed by atoms with Gasteiger partial charge in [-0.2, -0.15) is 0 Å². The summed E-state index contributed by atoms with van der Waals surface area (Å²) >= 11 is 0. The molecule has 0 radical (unpaired) electrons. The molecule has 1 heterocycles. The highest BCUT2D eigenvalue weighted by atomic mass is 16.5. The van der Waals surface area contributed by atoms with Crippen molar-refractivity contribution in [3.8, 4) is 0 Å². The molecule has 3 rings (SSSR count). The van der Waals surface area contributed by atoms with E-state index >= 15 is 0 Å². The first-order valence-corrected chi connectivity index (χ1v) is 6.19. The SMILES string of the molecule is CC1N=C(c2ccccc2)OC1c1ccccc1. The highest BCUT2D eigenvalue weighted by molar-refractivity contribution is 5.95. The van der Waals surface area contributed by atoms with Gasteiger partial charge in [0.15, 0.2) is 0 Å². The van der Waals surface area contributed by atoms with Crippen LogP contribution in [0.4, 0.5) is 0 Å². The van der Waals surface area contributed by atoms with Crippen molar-refractivity contribution in [1.82, 2.24) is 0 Å². The lowest BCUT2D eigenvalue weighted by atomic mass is 10.0. The minimum Gasteiger partial charge on any atom is -0.467 e. The first-order chi connectivity index (χ1) is 8.84. The van der Waals surface area contributed by atoms with E-state index < -0.39 is 0 Å². The van der Waals surface area contributed by atoms with Gasteiger partial charge >= 0.3 is 0 Å². The summed E-state index contributed by atoms with van der Waals surface area (Å²) in [5.41, 5.74) is 2.22. The normalized spacial score (nSPS) is 22.4. The number of hydrogen-bond acceptors (Lipinski definition) is 2. The van der Waals surface area contributed by atoms with Crippen LogP contribution in [-0.2, 0) is 4.74 Å². The number of benzene rings is 2. The van der Waals surface area contributed by atoms with Gasteiger partial charge in [-0.3, -0.25) is 0 Å². The minimum absolute atomic E-state index is 0.0291. The fourth-order valence-electron chi connectivity index (χ4n) is 2.21. The van der Waals surface area contributed by atoms with E-state index in [-0.39, 0.29) is 12.1 Å². The van der Waals surface area contributed by atoms with Crippen LogP contribution in [-0.4, -0.2) is 11.9 Å². The van der Waals surface area contributed by atoms with E-state index in [1.54, 1.807) is 0 Å². The smallest absolute Gasteiger partial charge is 0.217 e. The van der Waals surface area contributed by atoms with Crippen LogP contribution in [0.25, 0.3) is 0 Å². The van der Waals surface area contributed by atoms with Crippen LogP contribution in [0.5, 0.6) is 0 Å². The predicted octanol–water partition coefficient (Wildman–Crippen LogP) is 3.59. The lowest BCUT2D eigenvalue weighted by molar-refractivity contribution is 0.202. The Morgan fingerprint density at radius 1 is 0.889 bits per heavy atom. The number of nitrogens with zero attached hydrogens (tertiary/aromatic N) is 1. The quantitative estimate of drug-likeness (QED) is 0.782. The van der Waals surface area contributed by atoms with E-state index in [0.29, 0.717) is 0 Å². The van der Waals surface area contributed by atoms with E-state index in [9.17, 15) is 0 Å². The Bertz CT molecular complexity index is 548. The summed E-state index contributed by atoms with van der Waals surface area (Å²) in [7, 11) is 0. The summed E-state index contributed by atoms with van der Waals surface area (Å²) in [5, 5.41) is 0. The summed E-state index contributed by atoms with van der Waals surface area (Å²) in [6.07, 6.45) is 0.0291. The molecule has 0 aromatic heterocycles. The Kier molecular flexibility index (Phi) is 2.85. The molecule has 2 aromatic carbocycles. The highest BCUT2D eigenvalue weighted by Gasteiger charge is 2.29. The molecule has 0 bridgehead atoms. The second kappa shape index (κ2) is 4.65. The number of ether oxygens (including phenoxy) is 1. The molecule has 2 heteroatoms. The maximum Gasteiger partial charge on any atom is 0.217 e. The third-order valence-corrected chi connectivity index (χ3v) is 3.15. The molecule has 0 aliphatic carbocycles. The molecular formula is C16H15NO. The zero-order valence-corrected chi connectivity index (χ0v) is 10.3. The molecule has 1 aliphatic heterocycles. The van der Waals surface area contributed by atoms with Crippen LogP contribution < -0.4 is 0 Å². The third-order valence-electron chi connectivity index (χ3n) is 3.15. The van der Waals surface area contributed by atoms with Crippen LogP contribution >= 0.6 is 0 Å². The summed E-state index contributed by atoms with van der Waals surface area (Å²) < 4.78 is 6.00. The zero-order valence-electron chi connectivity index (χ0n) is 10.3. The second-order valence-corrected chi connectivity index (χ2v) is 4.49. The number of hydrogen-bond donors (Lipinski definition) is 0. The Balaban J connectivity index is 1.85. The van der Waals surface area contributed by atoms with Crippen LogP contribution in [0.3, 0.4) is 0 Å². The highest BCUT2D eigenvalue weighted by Crippen LogP contribution is 2.30. The van der Waals surface area contributed by atoms with Gasteiger partial charge in [-0.05, 0) is 24.6 Å². The van der Waals surface area contributed by atoms with Crippen molar-refractivity contribution in [3.63, 3.8) is 0 Å². The molecule has 0 saturated carbocycles. The van der Waals surface area contributed by atoms with Crippen LogP contribution in [0.1, 0.15) is 24.2 Å². The molecule has 90 valence electrons. The lowest BCUT2D eigenvalue weighted by Crippen LogP contribution is -2.10. The van der Waals surface area contributed by atoms with Gasteiger partial charge in [0.2, 0.25) is 5.90 Å². The summed E-state index contributed by atoms with van der Waals surface area (Å²) in [4.78, 5) is 4.61. The Morgan fingerprint density at radius 3 is 2.17 bits per heavy atom. The lowest BCUT2D eigenvalue weighted by Gasteiger charge is -2.14. The molecule has 2 unspecified atom stereocenters. The monoisotopic (exact) mass is 237 g/mol. The van der Waals surface area contributed by atoms with Gasteiger partial charge in [0.1, 0.15) is 6.10 Å². The van der Waals surface area contributed by atoms with Crippen molar-refractivity contribution in [1.29, 1.82) is 0 Å². The van der Waals surface area contributed by atoms with E-state index in [4.69, 9.17) is 4.74 Å².